The van der Waals surface area contributed by atoms with Gasteiger partial charge in [-0.05, 0) is 64.9 Å². The Hall–Kier alpha value is -0.920. The molecule has 0 radical (unpaired) electrons. The van der Waals surface area contributed by atoms with Crippen LogP contribution < -0.4 is 0 Å². The fourth-order valence-electron chi connectivity index (χ4n) is 4.57. The summed E-state index contributed by atoms with van der Waals surface area (Å²) < 4.78 is 21.2. The number of aromatic nitrogens is 3. The molecule has 3 heterocycles. The quantitative estimate of drug-likeness (QED) is 0.147. The average molecular weight is 744 g/mol. The highest BCUT2D eigenvalue weighted by Crippen LogP contribution is 2.43. The topological polar surface area (TPSA) is 78.6 Å². The van der Waals surface area contributed by atoms with E-state index in [0.29, 0.717) is 41.8 Å². The molecule has 2 aromatic heterocycles. The van der Waals surface area contributed by atoms with Gasteiger partial charge in [0, 0.05) is 29.9 Å². The first kappa shape index (κ1) is 29.6. The van der Waals surface area contributed by atoms with Crippen LogP contribution in [0.25, 0.3) is 11.0 Å². The van der Waals surface area contributed by atoms with Crippen molar-refractivity contribution >= 4 is 91.6 Å². The Kier molecular flexibility index (Phi) is 9.20. The van der Waals surface area contributed by atoms with Gasteiger partial charge >= 0.3 is 0 Å². The Labute approximate surface area is 263 Å². The molecule has 39 heavy (non-hydrogen) atoms. The lowest BCUT2D eigenvalue weighted by molar-refractivity contribution is -0.114. The second-order valence-corrected chi connectivity index (χ2v) is 12.4. The summed E-state index contributed by atoms with van der Waals surface area (Å²) in [5.41, 5.74) is 0.509. The molecule has 0 amide bonds. The number of nitrogens with zero attached hydrogens (tertiary/aromatic N) is 3. The number of ether oxygens (including phenoxy) is 3. The first-order valence-electron chi connectivity index (χ1n) is 11.7. The number of aliphatic hydroxyl groups is 1. The van der Waals surface area contributed by atoms with Crippen LogP contribution in [0.5, 0.6) is 0 Å². The third-order valence-electron chi connectivity index (χ3n) is 6.48. The molecule has 0 saturated carbocycles. The lowest BCUT2D eigenvalue weighted by Gasteiger charge is -2.30. The van der Waals surface area contributed by atoms with Gasteiger partial charge in [0.2, 0.25) is 0 Å². The van der Waals surface area contributed by atoms with Crippen molar-refractivity contribution in [3.8, 4) is 0 Å². The van der Waals surface area contributed by atoms with Crippen molar-refractivity contribution in [3.63, 3.8) is 0 Å². The molecule has 0 spiro atoms. The van der Waals surface area contributed by atoms with E-state index >= 15 is 0 Å². The van der Waals surface area contributed by atoms with Crippen molar-refractivity contribution in [1.82, 2.24) is 14.5 Å². The first-order chi connectivity index (χ1) is 18.6. The predicted octanol–water partition coefficient (Wildman–Crippen LogP) is 7.75. The average Bonchev–Trinajstić information content (AvgIpc) is 3.33. The van der Waals surface area contributed by atoms with E-state index in [2.05, 4.69) is 32.6 Å². The minimum atomic E-state index is -1.50. The van der Waals surface area contributed by atoms with E-state index in [-0.39, 0.29) is 19.8 Å². The Balaban J connectivity index is 1.42. The minimum absolute atomic E-state index is 0.108. The molecule has 7 nitrogen and oxygen atoms in total. The number of rotatable bonds is 8. The Morgan fingerprint density at radius 3 is 2.28 bits per heavy atom. The summed E-state index contributed by atoms with van der Waals surface area (Å²) in [5.74, 6) is 0. The highest BCUT2D eigenvalue weighted by atomic mass is 127. The Morgan fingerprint density at radius 1 is 1.00 bits per heavy atom. The van der Waals surface area contributed by atoms with Crippen molar-refractivity contribution in [2.75, 3.05) is 6.61 Å². The lowest BCUT2D eigenvalue weighted by Crippen LogP contribution is -2.46. The van der Waals surface area contributed by atoms with Gasteiger partial charge in [-0.15, -0.1) is 0 Å². The number of halogens is 6. The fraction of sp³-hybridized carbons (Fsp3) is 0.308. The summed E-state index contributed by atoms with van der Waals surface area (Å²) in [7, 11) is 0. The number of hydrogen-bond acceptors (Lipinski definition) is 6. The van der Waals surface area contributed by atoms with Crippen LogP contribution in [0.15, 0.2) is 48.9 Å². The molecule has 2 aromatic carbocycles. The van der Waals surface area contributed by atoms with Crippen LogP contribution in [0.2, 0.25) is 25.2 Å². The minimum Gasteiger partial charge on any atom is -0.383 e. The van der Waals surface area contributed by atoms with Crippen LogP contribution in [0.3, 0.4) is 0 Å². The van der Waals surface area contributed by atoms with E-state index in [4.69, 9.17) is 72.2 Å². The standard InChI is InChI=1S/C26H21Cl5IN3O4/c1-26(36)22(38-10-14-3-5-16(28)7-18(14)30)20(11-37-9-13-2-4-15(27)6-17(13)29)39-25(26)35-8-19(32)21-23(31)33-12-34-24(21)35/h2-8,12,20,22,25,36H,9-11H2,1H3/t20-,22-,25-,26-/m1/s1. The van der Waals surface area contributed by atoms with E-state index in [1.54, 1.807) is 47.9 Å². The van der Waals surface area contributed by atoms with Gasteiger partial charge in [-0.1, -0.05) is 70.1 Å². The van der Waals surface area contributed by atoms with Gasteiger partial charge in [-0.25, -0.2) is 9.97 Å². The van der Waals surface area contributed by atoms with Crippen molar-refractivity contribution in [1.29, 1.82) is 0 Å². The molecule has 1 aliphatic heterocycles. The molecule has 13 heteroatoms. The number of fused-ring (bicyclic) bond motifs is 1. The van der Waals surface area contributed by atoms with E-state index < -0.39 is 24.0 Å². The van der Waals surface area contributed by atoms with Crippen molar-refractivity contribution in [2.45, 2.75) is 44.2 Å². The van der Waals surface area contributed by atoms with Crippen LogP contribution in [-0.2, 0) is 27.4 Å². The molecule has 1 aliphatic rings. The van der Waals surface area contributed by atoms with E-state index in [1.807, 2.05) is 6.20 Å². The van der Waals surface area contributed by atoms with Crippen LogP contribution in [0, 0.1) is 3.57 Å². The summed E-state index contributed by atoms with van der Waals surface area (Å²) >= 11 is 33.2. The molecule has 0 unspecified atom stereocenters. The highest BCUT2D eigenvalue weighted by Gasteiger charge is 2.55. The predicted molar refractivity (Wildman–Crippen MR) is 161 cm³/mol. The van der Waals surface area contributed by atoms with E-state index in [0.717, 1.165) is 9.13 Å². The van der Waals surface area contributed by atoms with Gasteiger partial charge in [-0.2, -0.15) is 0 Å². The summed E-state index contributed by atoms with van der Waals surface area (Å²) in [4.78, 5) is 8.48. The van der Waals surface area contributed by atoms with Gasteiger partial charge in [0.25, 0.3) is 0 Å². The van der Waals surface area contributed by atoms with Crippen LogP contribution in [0.4, 0.5) is 0 Å². The van der Waals surface area contributed by atoms with Gasteiger partial charge in [-0.3, -0.25) is 0 Å². The normalized spacial score (nSPS) is 23.1. The summed E-state index contributed by atoms with van der Waals surface area (Å²) in [6.45, 7) is 2.09. The molecule has 0 aliphatic carbocycles. The molecule has 4 aromatic rings. The lowest BCUT2D eigenvalue weighted by atomic mass is 9.96. The zero-order chi connectivity index (χ0) is 27.9. The number of hydrogen-bond donors (Lipinski definition) is 1. The van der Waals surface area contributed by atoms with Crippen LogP contribution in [0.1, 0.15) is 24.3 Å². The summed E-state index contributed by atoms with van der Waals surface area (Å²) in [5, 5.41) is 14.8. The molecule has 206 valence electrons. The van der Waals surface area contributed by atoms with Gasteiger partial charge in [0.15, 0.2) is 6.23 Å². The summed E-state index contributed by atoms with van der Waals surface area (Å²) in [6, 6.07) is 10.3. The maximum absolute atomic E-state index is 11.9. The molecule has 0 bridgehead atoms. The fourth-order valence-corrected chi connectivity index (χ4v) is 6.68. The van der Waals surface area contributed by atoms with Crippen molar-refractivity contribution in [2.24, 2.45) is 0 Å². The molecule has 4 atom stereocenters. The number of benzene rings is 2. The highest BCUT2D eigenvalue weighted by molar-refractivity contribution is 14.1. The van der Waals surface area contributed by atoms with Crippen LogP contribution in [-0.4, -0.2) is 44.1 Å². The Bertz CT molecular complexity index is 1520. The van der Waals surface area contributed by atoms with Gasteiger partial charge < -0.3 is 23.9 Å². The van der Waals surface area contributed by atoms with Crippen molar-refractivity contribution < 1.29 is 19.3 Å². The molecular weight excluding hydrogens is 722 g/mol. The second-order valence-electron chi connectivity index (χ2n) is 9.22. The maximum Gasteiger partial charge on any atom is 0.167 e. The third kappa shape index (κ3) is 6.16. The second kappa shape index (κ2) is 12.1. The largest absolute Gasteiger partial charge is 0.383 e. The SMILES string of the molecule is C[C@@]1(O)[C@H](OCc2ccc(Cl)cc2Cl)[C@@H](COCc2ccc(Cl)cc2Cl)O[C@H]1n1cc(I)c2c(Cl)ncnc21. The van der Waals surface area contributed by atoms with Gasteiger partial charge in [0.1, 0.15) is 34.9 Å². The van der Waals surface area contributed by atoms with Gasteiger partial charge in [0.05, 0.1) is 25.2 Å². The van der Waals surface area contributed by atoms with E-state index in [1.165, 1.54) is 6.33 Å². The third-order valence-corrected chi connectivity index (χ3v) is 8.75. The molecular formula is C26H21Cl5IN3O4. The maximum atomic E-state index is 11.9. The smallest absolute Gasteiger partial charge is 0.167 e. The zero-order valence-corrected chi connectivity index (χ0v) is 26.2. The molecule has 1 N–H and O–H groups in total. The summed E-state index contributed by atoms with van der Waals surface area (Å²) in [6.07, 6.45) is 0.854. The Morgan fingerprint density at radius 2 is 1.64 bits per heavy atom. The molecule has 1 saturated heterocycles. The zero-order valence-electron chi connectivity index (χ0n) is 20.3. The molecule has 1 fully saturated rings. The monoisotopic (exact) mass is 741 g/mol. The van der Waals surface area contributed by atoms with Crippen LogP contribution >= 0.6 is 80.6 Å². The van der Waals surface area contributed by atoms with Crippen molar-refractivity contribution in [3.05, 3.63) is 88.9 Å². The first-order valence-corrected chi connectivity index (χ1v) is 14.6. The molecule has 5 rings (SSSR count). The van der Waals surface area contributed by atoms with E-state index in [9.17, 15) is 5.11 Å².